The summed E-state index contributed by atoms with van der Waals surface area (Å²) in [5, 5.41) is 5.61. The Kier molecular flexibility index (Phi) is 3.82. The summed E-state index contributed by atoms with van der Waals surface area (Å²) in [5.74, 6) is -1.32. The summed E-state index contributed by atoms with van der Waals surface area (Å²) in [5.41, 5.74) is 3.78. The fraction of sp³-hybridized carbons (Fsp3) is 0.211. The highest BCUT2D eigenvalue weighted by Crippen LogP contribution is 2.26. The monoisotopic (exact) mass is 306 g/mol. The fourth-order valence-corrected chi connectivity index (χ4v) is 2.91. The Labute approximate surface area is 135 Å². The standard InChI is InChI=1S/C19H18N2O2/c1-12-9-13(2)11-15(10-12)18(22)17-14(3)20-21(19(17)23)16-7-5-4-6-8-16/h4-11,17H,1-3H3/t17-/m1/s1. The van der Waals surface area contributed by atoms with Crippen LogP contribution in [-0.2, 0) is 4.79 Å². The highest BCUT2D eigenvalue weighted by molar-refractivity contribution is 6.30. The number of nitrogens with zero attached hydrogens (tertiary/aromatic N) is 2. The first-order chi connectivity index (χ1) is 11.0. The van der Waals surface area contributed by atoms with Gasteiger partial charge in [0.15, 0.2) is 5.78 Å². The van der Waals surface area contributed by atoms with Gasteiger partial charge in [-0.15, -0.1) is 0 Å². The second-order valence-electron chi connectivity index (χ2n) is 5.90. The number of aryl methyl sites for hydroxylation is 2. The van der Waals surface area contributed by atoms with Gasteiger partial charge >= 0.3 is 0 Å². The lowest BCUT2D eigenvalue weighted by Crippen LogP contribution is -2.32. The molecule has 4 heteroatoms. The van der Waals surface area contributed by atoms with E-state index in [2.05, 4.69) is 5.10 Å². The van der Waals surface area contributed by atoms with Crippen LogP contribution in [0.5, 0.6) is 0 Å². The lowest BCUT2D eigenvalue weighted by Gasteiger charge is -2.14. The number of para-hydroxylation sites is 1. The van der Waals surface area contributed by atoms with Crippen LogP contribution in [-0.4, -0.2) is 17.4 Å². The first-order valence-electron chi connectivity index (χ1n) is 7.54. The first-order valence-corrected chi connectivity index (χ1v) is 7.54. The molecule has 2 aromatic rings. The van der Waals surface area contributed by atoms with E-state index < -0.39 is 5.92 Å². The van der Waals surface area contributed by atoms with Gasteiger partial charge in [-0.25, -0.2) is 0 Å². The van der Waals surface area contributed by atoms with Crippen molar-refractivity contribution in [1.82, 2.24) is 0 Å². The Morgan fingerprint density at radius 2 is 1.61 bits per heavy atom. The van der Waals surface area contributed by atoms with Gasteiger partial charge < -0.3 is 0 Å². The maximum atomic E-state index is 12.8. The van der Waals surface area contributed by atoms with Crippen LogP contribution in [0.15, 0.2) is 53.6 Å². The molecular formula is C19H18N2O2. The van der Waals surface area contributed by atoms with Gasteiger partial charge in [0.25, 0.3) is 5.91 Å². The number of carbonyl (C=O) groups excluding carboxylic acids is 2. The van der Waals surface area contributed by atoms with Crippen molar-refractivity contribution in [3.63, 3.8) is 0 Å². The van der Waals surface area contributed by atoms with E-state index in [1.807, 2.05) is 50.2 Å². The number of anilines is 1. The van der Waals surface area contributed by atoms with Crippen LogP contribution in [0.1, 0.15) is 28.4 Å². The van der Waals surface area contributed by atoms with Crippen molar-refractivity contribution in [2.75, 3.05) is 5.01 Å². The van der Waals surface area contributed by atoms with Gasteiger partial charge in [-0.2, -0.15) is 10.1 Å². The molecule has 1 aliphatic heterocycles. The number of hydrazone groups is 1. The second-order valence-corrected chi connectivity index (χ2v) is 5.90. The quantitative estimate of drug-likeness (QED) is 0.643. The van der Waals surface area contributed by atoms with E-state index in [4.69, 9.17) is 0 Å². The minimum atomic E-state index is -0.837. The largest absolute Gasteiger partial charge is 0.293 e. The highest BCUT2D eigenvalue weighted by atomic mass is 16.2. The van der Waals surface area contributed by atoms with Crippen molar-refractivity contribution in [3.05, 3.63) is 65.2 Å². The number of carbonyl (C=O) groups is 2. The average molecular weight is 306 g/mol. The third-order valence-corrected chi connectivity index (χ3v) is 3.90. The number of Topliss-reactive ketones (excluding diaryl/α,β-unsaturated/α-hetero) is 1. The van der Waals surface area contributed by atoms with Crippen molar-refractivity contribution >= 4 is 23.1 Å². The Balaban J connectivity index is 1.93. The zero-order valence-corrected chi connectivity index (χ0v) is 13.4. The van der Waals surface area contributed by atoms with Crippen LogP contribution in [0, 0.1) is 19.8 Å². The normalized spacial score (nSPS) is 17.3. The Morgan fingerprint density at radius 1 is 1.00 bits per heavy atom. The molecular weight excluding hydrogens is 288 g/mol. The molecule has 116 valence electrons. The van der Waals surface area contributed by atoms with Crippen molar-refractivity contribution in [2.24, 2.45) is 11.0 Å². The molecule has 2 aromatic carbocycles. The van der Waals surface area contributed by atoms with Crippen LogP contribution >= 0.6 is 0 Å². The molecule has 0 fully saturated rings. The SMILES string of the molecule is CC1=NN(c2ccccc2)C(=O)[C@H]1C(=O)c1cc(C)cc(C)c1. The van der Waals surface area contributed by atoms with E-state index in [0.29, 0.717) is 17.0 Å². The van der Waals surface area contributed by atoms with Gasteiger partial charge in [0.1, 0.15) is 5.92 Å². The number of rotatable bonds is 3. The maximum Gasteiger partial charge on any atom is 0.264 e. The Hall–Kier alpha value is -2.75. The zero-order chi connectivity index (χ0) is 16.6. The summed E-state index contributed by atoms with van der Waals surface area (Å²) in [4.78, 5) is 25.5. The van der Waals surface area contributed by atoms with E-state index >= 15 is 0 Å². The molecule has 4 nitrogen and oxygen atoms in total. The predicted molar refractivity (Wildman–Crippen MR) is 90.8 cm³/mol. The summed E-state index contributed by atoms with van der Waals surface area (Å²) in [6.07, 6.45) is 0. The first kappa shape index (κ1) is 15.2. The third kappa shape index (κ3) is 2.80. The number of benzene rings is 2. The van der Waals surface area contributed by atoms with E-state index in [1.54, 1.807) is 19.1 Å². The number of ketones is 1. The molecule has 0 N–H and O–H groups in total. The molecule has 1 atom stereocenters. The molecule has 1 amide bonds. The van der Waals surface area contributed by atoms with Crippen molar-refractivity contribution in [2.45, 2.75) is 20.8 Å². The lowest BCUT2D eigenvalue weighted by molar-refractivity contribution is -0.118. The van der Waals surface area contributed by atoms with Crippen LogP contribution in [0.25, 0.3) is 0 Å². The summed E-state index contributed by atoms with van der Waals surface area (Å²) >= 11 is 0. The van der Waals surface area contributed by atoms with E-state index in [0.717, 1.165) is 11.1 Å². The van der Waals surface area contributed by atoms with Gasteiger partial charge in [-0.3, -0.25) is 9.59 Å². The van der Waals surface area contributed by atoms with Crippen LogP contribution in [0.2, 0.25) is 0 Å². The summed E-state index contributed by atoms with van der Waals surface area (Å²) in [6, 6.07) is 14.8. The number of amides is 1. The zero-order valence-electron chi connectivity index (χ0n) is 13.4. The predicted octanol–water partition coefficient (Wildman–Crippen LogP) is 3.53. The smallest absolute Gasteiger partial charge is 0.264 e. The topological polar surface area (TPSA) is 49.7 Å². The molecule has 0 saturated carbocycles. The minimum absolute atomic E-state index is 0.193. The summed E-state index contributed by atoms with van der Waals surface area (Å²) < 4.78 is 0. The molecule has 23 heavy (non-hydrogen) atoms. The molecule has 0 aromatic heterocycles. The van der Waals surface area contributed by atoms with Crippen molar-refractivity contribution in [3.8, 4) is 0 Å². The number of hydrogen-bond acceptors (Lipinski definition) is 3. The molecule has 0 spiro atoms. The molecule has 1 aliphatic rings. The molecule has 0 bridgehead atoms. The van der Waals surface area contributed by atoms with E-state index in [9.17, 15) is 9.59 Å². The van der Waals surface area contributed by atoms with Gasteiger partial charge in [-0.05, 0) is 45.0 Å². The maximum absolute atomic E-state index is 12.8. The van der Waals surface area contributed by atoms with Gasteiger partial charge in [0.2, 0.25) is 0 Å². The van der Waals surface area contributed by atoms with Gasteiger partial charge in [0.05, 0.1) is 11.4 Å². The molecule has 1 heterocycles. The molecule has 3 rings (SSSR count). The molecule has 0 aliphatic carbocycles. The van der Waals surface area contributed by atoms with Crippen LogP contribution in [0.4, 0.5) is 5.69 Å². The van der Waals surface area contributed by atoms with E-state index in [-0.39, 0.29) is 11.7 Å². The summed E-state index contributed by atoms with van der Waals surface area (Å²) in [7, 11) is 0. The van der Waals surface area contributed by atoms with Crippen molar-refractivity contribution < 1.29 is 9.59 Å². The second kappa shape index (κ2) is 5.80. The van der Waals surface area contributed by atoms with Gasteiger partial charge in [0, 0.05) is 5.56 Å². The fourth-order valence-electron chi connectivity index (χ4n) is 2.91. The molecule has 0 radical (unpaired) electrons. The molecule has 0 unspecified atom stereocenters. The average Bonchev–Trinajstić information content (AvgIpc) is 2.81. The summed E-state index contributed by atoms with van der Waals surface area (Å²) in [6.45, 7) is 5.61. The lowest BCUT2D eigenvalue weighted by atomic mass is 9.92. The Bertz CT molecular complexity index is 789. The third-order valence-electron chi connectivity index (χ3n) is 3.90. The van der Waals surface area contributed by atoms with Crippen molar-refractivity contribution in [1.29, 1.82) is 0 Å². The molecule has 0 saturated heterocycles. The van der Waals surface area contributed by atoms with Gasteiger partial charge in [-0.1, -0.05) is 35.4 Å². The van der Waals surface area contributed by atoms with E-state index in [1.165, 1.54) is 5.01 Å². The highest BCUT2D eigenvalue weighted by Gasteiger charge is 2.39. The number of hydrogen-bond donors (Lipinski definition) is 0. The van der Waals surface area contributed by atoms with Crippen LogP contribution in [0.3, 0.4) is 0 Å². The minimum Gasteiger partial charge on any atom is -0.293 e. The van der Waals surface area contributed by atoms with Crippen LogP contribution < -0.4 is 5.01 Å². The Morgan fingerprint density at radius 3 is 2.22 bits per heavy atom.